The van der Waals surface area contributed by atoms with Gasteiger partial charge in [0, 0.05) is 19.2 Å². The fourth-order valence-electron chi connectivity index (χ4n) is 3.61. The van der Waals surface area contributed by atoms with E-state index < -0.39 is 23.7 Å². The van der Waals surface area contributed by atoms with Gasteiger partial charge in [-0.2, -0.15) is 13.2 Å². The number of alkyl halides is 3. The number of fused-ring (bicyclic) bond motifs is 1. The van der Waals surface area contributed by atoms with Crippen LogP contribution in [0.4, 0.5) is 22.4 Å². The van der Waals surface area contributed by atoms with Gasteiger partial charge in [-0.05, 0) is 41.8 Å². The molecule has 0 radical (unpaired) electrons. The van der Waals surface area contributed by atoms with Crippen LogP contribution in [0, 0.1) is 5.82 Å². The highest BCUT2D eigenvalue weighted by Crippen LogP contribution is 2.34. The van der Waals surface area contributed by atoms with Gasteiger partial charge < -0.3 is 19.7 Å². The molecule has 2 aromatic carbocycles. The zero-order valence-corrected chi connectivity index (χ0v) is 16.2. The molecule has 2 heterocycles. The molecule has 0 saturated carbocycles. The molecule has 2 amide bonds. The van der Waals surface area contributed by atoms with Gasteiger partial charge in [-0.15, -0.1) is 0 Å². The predicted molar refractivity (Wildman–Crippen MR) is 99.9 cm³/mol. The van der Waals surface area contributed by atoms with Crippen LogP contribution in [-0.2, 0) is 28.7 Å². The average molecular weight is 438 g/mol. The Morgan fingerprint density at radius 1 is 1.16 bits per heavy atom. The summed E-state index contributed by atoms with van der Waals surface area (Å²) in [6, 6.07) is 7.18. The van der Waals surface area contributed by atoms with Crippen molar-refractivity contribution in [2.24, 2.45) is 0 Å². The van der Waals surface area contributed by atoms with Crippen molar-refractivity contribution in [3.05, 3.63) is 58.9 Å². The van der Waals surface area contributed by atoms with Crippen LogP contribution < -0.4 is 10.1 Å². The fraction of sp³-hybridized carbons (Fsp3) is 0.333. The maximum Gasteiger partial charge on any atom is 0.419 e. The van der Waals surface area contributed by atoms with Crippen LogP contribution in [0.15, 0.2) is 36.4 Å². The SMILES string of the molecule is O=C1N[C@@H](CC(=O)N2CCc3ccc(Oc4ccc(C(F)(F)F)c(F)c4)cc3C2)CO1. The number of cyclic esters (lactones) is 1. The number of carbonyl (C=O) groups is 2. The molecular formula is C21H18F4N2O4. The Labute approximate surface area is 174 Å². The number of rotatable bonds is 4. The lowest BCUT2D eigenvalue weighted by atomic mass is 9.99. The molecule has 2 aliphatic rings. The van der Waals surface area contributed by atoms with Crippen molar-refractivity contribution in [2.45, 2.75) is 31.6 Å². The molecule has 0 bridgehead atoms. The lowest BCUT2D eigenvalue weighted by Gasteiger charge is -2.30. The van der Waals surface area contributed by atoms with Crippen LogP contribution in [0.1, 0.15) is 23.1 Å². The van der Waals surface area contributed by atoms with Gasteiger partial charge in [0.25, 0.3) is 0 Å². The molecule has 6 nitrogen and oxygen atoms in total. The van der Waals surface area contributed by atoms with Crippen molar-refractivity contribution in [3.63, 3.8) is 0 Å². The number of carbonyl (C=O) groups excluding carboxylic acids is 2. The molecule has 0 aliphatic carbocycles. The molecule has 164 valence electrons. The number of nitrogens with zero attached hydrogens (tertiary/aromatic N) is 1. The van der Waals surface area contributed by atoms with E-state index in [-0.39, 0.29) is 30.7 Å². The van der Waals surface area contributed by atoms with E-state index in [0.29, 0.717) is 37.4 Å². The quantitative estimate of drug-likeness (QED) is 0.733. The summed E-state index contributed by atoms with van der Waals surface area (Å²) in [5.74, 6) is -1.28. The zero-order chi connectivity index (χ0) is 22.2. The molecule has 0 unspecified atom stereocenters. The third kappa shape index (κ3) is 4.73. The first-order valence-electron chi connectivity index (χ1n) is 9.56. The first-order chi connectivity index (χ1) is 14.7. The maximum absolute atomic E-state index is 13.8. The van der Waals surface area contributed by atoms with Crippen molar-refractivity contribution in [1.82, 2.24) is 10.2 Å². The van der Waals surface area contributed by atoms with Crippen molar-refractivity contribution in [1.29, 1.82) is 0 Å². The van der Waals surface area contributed by atoms with Crippen molar-refractivity contribution < 1.29 is 36.6 Å². The van der Waals surface area contributed by atoms with Crippen molar-refractivity contribution in [2.75, 3.05) is 13.2 Å². The molecule has 1 N–H and O–H groups in total. The Bertz CT molecular complexity index is 1020. The van der Waals surface area contributed by atoms with Gasteiger partial charge >= 0.3 is 12.3 Å². The second kappa shape index (κ2) is 8.09. The first kappa shape index (κ1) is 21.0. The summed E-state index contributed by atoms with van der Waals surface area (Å²) >= 11 is 0. The van der Waals surface area contributed by atoms with Crippen LogP contribution in [0.5, 0.6) is 11.5 Å². The molecule has 10 heteroatoms. The van der Waals surface area contributed by atoms with Crippen LogP contribution >= 0.6 is 0 Å². The van der Waals surface area contributed by atoms with E-state index in [0.717, 1.165) is 17.2 Å². The summed E-state index contributed by atoms with van der Waals surface area (Å²) in [5.41, 5.74) is 0.493. The van der Waals surface area contributed by atoms with E-state index in [2.05, 4.69) is 5.32 Å². The van der Waals surface area contributed by atoms with E-state index >= 15 is 0 Å². The Kier molecular flexibility index (Phi) is 5.47. The number of amides is 2. The van der Waals surface area contributed by atoms with Gasteiger partial charge in [-0.1, -0.05) is 6.07 Å². The van der Waals surface area contributed by atoms with E-state index in [4.69, 9.17) is 9.47 Å². The normalized spacial score (nSPS) is 18.3. The Morgan fingerprint density at radius 3 is 2.58 bits per heavy atom. The summed E-state index contributed by atoms with van der Waals surface area (Å²) in [5, 5.41) is 2.57. The number of nitrogens with one attached hydrogen (secondary N) is 1. The van der Waals surface area contributed by atoms with E-state index in [1.807, 2.05) is 6.07 Å². The lowest BCUT2D eigenvalue weighted by Crippen LogP contribution is -2.40. The highest BCUT2D eigenvalue weighted by Gasteiger charge is 2.34. The van der Waals surface area contributed by atoms with Crippen molar-refractivity contribution >= 4 is 12.0 Å². The Hall–Kier alpha value is -3.30. The summed E-state index contributed by atoms with van der Waals surface area (Å²) in [6.07, 6.45) is -4.56. The summed E-state index contributed by atoms with van der Waals surface area (Å²) in [6.45, 7) is 1.00. The maximum atomic E-state index is 13.8. The van der Waals surface area contributed by atoms with Gasteiger partial charge in [0.2, 0.25) is 5.91 Å². The molecule has 4 rings (SSSR count). The lowest BCUT2D eigenvalue weighted by molar-refractivity contribution is -0.140. The highest BCUT2D eigenvalue weighted by molar-refractivity contribution is 5.79. The van der Waals surface area contributed by atoms with Gasteiger partial charge in [0.1, 0.15) is 23.9 Å². The molecular weight excluding hydrogens is 420 g/mol. The highest BCUT2D eigenvalue weighted by atomic mass is 19.4. The number of alkyl carbamates (subject to hydrolysis) is 1. The summed E-state index contributed by atoms with van der Waals surface area (Å²) in [4.78, 5) is 25.3. The van der Waals surface area contributed by atoms with Crippen LogP contribution in [-0.4, -0.2) is 36.1 Å². The third-order valence-corrected chi connectivity index (χ3v) is 5.18. The molecule has 31 heavy (non-hydrogen) atoms. The standard InChI is InChI=1S/C21H18F4N2O4/c22-18-9-16(3-4-17(18)21(23,24)25)31-15-2-1-12-5-6-27(10-13(12)7-15)19(28)8-14-11-30-20(29)26-14/h1-4,7,9,14H,5-6,8,10-11H2,(H,26,29)/t14-/m0/s1. The number of ether oxygens (including phenoxy) is 2. The van der Waals surface area contributed by atoms with Gasteiger partial charge in [-0.3, -0.25) is 4.79 Å². The summed E-state index contributed by atoms with van der Waals surface area (Å²) < 4.78 is 62.2. The van der Waals surface area contributed by atoms with E-state index in [1.54, 1.807) is 17.0 Å². The third-order valence-electron chi connectivity index (χ3n) is 5.18. The largest absolute Gasteiger partial charge is 0.457 e. The molecule has 0 aromatic heterocycles. The smallest absolute Gasteiger partial charge is 0.419 e. The minimum absolute atomic E-state index is 0.0637. The number of hydrogen-bond acceptors (Lipinski definition) is 4. The van der Waals surface area contributed by atoms with E-state index in [9.17, 15) is 27.2 Å². The molecule has 1 fully saturated rings. The van der Waals surface area contributed by atoms with Crippen molar-refractivity contribution in [3.8, 4) is 11.5 Å². The number of hydrogen-bond donors (Lipinski definition) is 1. The number of halogens is 4. The zero-order valence-electron chi connectivity index (χ0n) is 16.2. The molecule has 2 aromatic rings. The number of benzene rings is 2. The van der Waals surface area contributed by atoms with Crippen LogP contribution in [0.2, 0.25) is 0 Å². The van der Waals surface area contributed by atoms with Crippen LogP contribution in [0.3, 0.4) is 0 Å². The molecule has 2 aliphatic heterocycles. The second-order valence-corrected chi connectivity index (χ2v) is 7.38. The van der Waals surface area contributed by atoms with Gasteiger partial charge in [0.15, 0.2) is 0 Å². The van der Waals surface area contributed by atoms with Gasteiger partial charge in [0.05, 0.1) is 18.0 Å². The van der Waals surface area contributed by atoms with E-state index in [1.165, 1.54) is 0 Å². The molecule has 1 saturated heterocycles. The minimum Gasteiger partial charge on any atom is -0.457 e. The predicted octanol–water partition coefficient (Wildman–Crippen LogP) is 4.02. The summed E-state index contributed by atoms with van der Waals surface area (Å²) in [7, 11) is 0. The second-order valence-electron chi connectivity index (χ2n) is 7.38. The topological polar surface area (TPSA) is 67.9 Å². The first-order valence-corrected chi connectivity index (χ1v) is 9.56. The monoisotopic (exact) mass is 438 g/mol. The average Bonchev–Trinajstić information content (AvgIpc) is 3.11. The fourth-order valence-corrected chi connectivity index (χ4v) is 3.61. The Balaban J connectivity index is 1.44. The molecule has 1 atom stereocenters. The minimum atomic E-state index is -4.78. The Morgan fingerprint density at radius 2 is 1.90 bits per heavy atom. The van der Waals surface area contributed by atoms with Gasteiger partial charge in [-0.25, -0.2) is 9.18 Å². The molecule has 0 spiro atoms. The van der Waals surface area contributed by atoms with Crippen LogP contribution in [0.25, 0.3) is 0 Å².